The van der Waals surface area contributed by atoms with Crippen LogP contribution in [0.1, 0.15) is 31.1 Å². The number of rotatable bonds is 5. The Hall–Kier alpha value is -2.36. The van der Waals surface area contributed by atoms with Crippen molar-refractivity contribution in [3.05, 3.63) is 59.9 Å². The predicted molar refractivity (Wildman–Crippen MR) is 81.8 cm³/mol. The molecule has 1 amide bonds. The smallest absolute Gasteiger partial charge is 0.224 e. The van der Waals surface area contributed by atoms with Gasteiger partial charge >= 0.3 is 0 Å². The van der Waals surface area contributed by atoms with E-state index in [1.54, 1.807) is 24.4 Å². The second-order valence-corrected chi connectivity index (χ2v) is 5.39. The van der Waals surface area contributed by atoms with Crippen LogP contribution in [-0.4, -0.2) is 16.0 Å². The van der Waals surface area contributed by atoms with Crippen molar-refractivity contribution in [2.24, 2.45) is 5.92 Å². The third-order valence-electron chi connectivity index (χ3n) is 3.26. The van der Waals surface area contributed by atoms with Crippen LogP contribution in [0.5, 0.6) is 5.75 Å². The molecule has 1 atom stereocenters. The van der Waals surface area contributed by atoms with Crippen molar-refractivity contribution < 1.29 is 9.90 Å². The topological polar surface area (TPSA) is 62.2 Å². The van der Waals surface area contributed by atoms with Crippen molar-refractivity contribution in [2.45, 2.75) is 26.3 Å². The summed E-state index contributed by atoms with van der Waals surface area (Å²) < 4.78 is 0. The highest BCUT2D eigenvalue weighted by Gasteiger charge is 2.19. The van der Waals surface area contributed by atoms with Crippen LogP contribution < -0.4 is 5.32 Å². The lowest BCUT2D eigenvalue weighted by Crippen LogP contribution is -2.33. The second kappa shape index (κ2) is 6.88. The SMILES string of the molecule is CC(C)[C@H](NC(=O)Cc1cccc(O)c1)c1ccccn1. The third kappa shape index (κ3) is 4.31. The van der Waals surface area contributed by atoms with E-state index in [0.29, 0.717) is 0 Å². The molecule has 2 N–H and O–H groups in total. The van der Waals surface area contributed by atoms with E-state index in [0.717, 1.165) is 11.3 Å². The zero-order valence-corrected chi connectivity index (χ0v) is 12.3. The van der Waals surface area contributed by atoms with Gasteiger partial charge in [0.2, 0.25) is 5.91 Å². The standard InChI is InChI=1S/C17H20N2O2/c1-12(2)17(15-8-3-4-9-18-15)19-16(21)11-13-6-5-7-14(20)10-13/h3-10,12,17,20H,11H2,1-2H3,(H,19,21)/t17-/m0/s1. The van der Waals surface area contributed by atoms with Gasteiger partial charge in [-0.15, -0.1) is 0 Å². The molecule has 2 rings (SSSR count). The number of carbonyl (C=O) groups is 1. The summed E-state index contributed by atoms with van der Waals surface area (Å²) in [6, 6.07) is 12.3. The molecule has 1 aromatic carbocycles. The Kier molecular flexibility index (Phi) is 4.93. The monoisotopic (exact) mass is 284 g/mol. The molecule has 0 unspecified atom stereocenters. The number of phenolic OH excluding ortho intramolecular Hbond substituents is 1. The highest BCUT2D eigenvalue weighted by atomic mass is 16.3. The Morgan fingerprint density at radius 3 is 2.67 bits per heavy atom. The van der Waals surface area contributed by atoms with E-state index >= 15 is 0 Å². The van der Waals surface area contributed by atoms with Gasteiger partial charge in [-0.25, -0.2) is 0 Å². The van der Waals surface area contributed by atoms with Crippen molar-refractivity contribution in [2.75, 3.05) is 0 Å². The zero-order chi connectivity index (χ0) is 15.2. The van der Waals surface area contributed by atoms with E-state index in [-0.39, 0.29) is 30.0 Å². The van der Waals surface area contributed by atoms with Gasteiger partial charge in [-0.3, -0.25) is 9.78 Å². The first kappa shape index (κ1) is 15.0. The molecule has 0 saturated carbocycles. The van der Waals surface area contributed by atoms with Crippen molar-refractivity contribution in [3.8, 4) is 5.75 Å². The van der Waals surface area contributed by atoms with E-state index in [2.05, 4.69) is 10.3 Å². The number of aromatic hydroxyl groups is 1. The molecule has 0 aliphatic rings. The molecule has 1 aromatic heterocycles. The third-order valence-corrected chi connectivity index (χ3v) is 3.26. The minimum absolute atomic E-state index is 0.0787. The molecule has 0 aliphatic heterocycles. The van der Waals surface area contributed by atoms with E-state index in [1.807, 2.05) is 38.1 Å². The Morgan fingerprint density at radius 2 is 2.05 bits per heavy atom. The molecule has 4 nitrogen and oxygen atoms in total. The van der Waals surface area contributed by atoms with Crippen molar-refractivity contribution in [3.63, 3.8) is 0 Å². The summed E-state index contributed by atoms with van der Waals surface area (Å²) in [4.78, 5) is 16.5. The van der Waals surface area contributed by atoms with E-state index in [9.17, 15) is 9.90 Å². The average Bonchev–Trinajstić information content (AvgIpc) is 2.45. The quantitative estimate of drug-likeness (QED) is 0.887. The first-order chi connectivity index (χ1) is 10.1. The summed E-state index contributed by atoms with van der Waals surface area (Å²) in [6.07, 6.45) is 1.97. The van der Waals surface area contributed by atoms with Gasteiger partial charge in [0.15, 0.2) is 0 Å². The van der Waals surface area contributed by atoms with Crippen molar-refractivity contribution in [1.82, 2.24) is 10.3 Å². The summed E-state index contributed by atoms with van der Waals surface area (Å²) in [6.45, 7) is 4.10. The summed E-state index contributed by atoms with van der Waals surface area (Å²) in [7, 11) is 0. The molecule has 21 heavy (non-hydrogen) atoms. The summed E-state index contributed by atoms with van der Waals surface area (Å²) >= 11 is 0. The number of nitrogens with one attached hydrogen (secondary N) is 1. The minimum atomic E-state index is -0.115. The number of amides is 1. The second-order valence-electron chi connectivity index (χ2n) is 5.39. The minimum Gasteiger partial charge on any atom is -0.508 e. The zero-order valence-electron chi connectivity index (χ0n) is 12.3. The molecular weight excluding hydrogens is 264 g/mol. The average molecular weight is 284 g/mol. The maximum absolute atomic E-state index is 12.2. The lowest BCUT2D eigenvalue weighted by molar-refractivity contribution is -0.121. The summed E-state index contributed by atoms with van der Waals surface area (Å²) in [5, 5.41) is 12.4. The van der Waals surface area contributed by atoms with Crippen LogP contribution in [0.2, 0.25) is 0 Å². The highest BCUT2D eigenvalue weighted by molar-refractivity contribution is 5.79. The molecule has 0 spiro atoms. The molecule has 0 fully saturated rings. The summed E-state index contributed by atoms with van der Waals surface area (Å²) in [5.41, 5.74) is 1.65. The fourth-order valence-electron chi connectivity index (χ4n) is 2.22. The fraction of sp³-hybridized carbons (Fsp3) is 0.294. The Labute approximate surface area is 124 Å². The predicted octanol–water partition coefficient (Wildman–Crippen LogP) is 2.84. The maximum atomic E-state index is 12.2. The van der Waals surface area contributed by atoms with Gasteiger partial charge < -0.3 is 10.4 Å². The summed E-state index contributed by atoms with van der Waals surface area (Å²) in [5.74, 6) is 0.336. The normalized spacial score (nSPS) is 12.1. The Morgan fingerprint density at radius 1 is 1.24 bits per heavy atom. The number of phenols is 1. The molecule has 1 heterocycles. The maximum Gasteiger partial charge on any atom is 0.224 e. The number of pyridine rings is 1. The molecule has 0 radical (unpaired) electrons. The number of aromatic nitrogens is 1. The van der Waals surface area contributed by atoms with Crippen LogP contribution in [0.4, 0.5) is 0 Å². The van der Waals surface area contributed by atoms with Crippen LogP contribution in [0.3, 0.4) is 0 Å². The number of hydrogen-bond donors (Lipinski definition) is 2. The number of nitrogens with zero attached hydrogens (tertiary/aromatic N) is 1. The van der Waals surface area contributed by atoms with Crippen LogP contribution in [0, 0.1) is 5.92 Å². The van der Waals surface area contributed by atoms with Crippen LogP contribution in [0.15, 0.2) is 48.7 Å². The molecule has 4 heteroatoms. The van der Waals surface area contributed by atoms with Crippen molar-refractivity contribution >= 4 is 5.91 Å². The number of benzene rings is 1. The Bertz CT molecular complexity index is 597. The van der Waals surface area contributed by atoms with Gasteiger partial charge in [0.25, 0.3) is 0 Å². The van der Waals surface area contributed by atoms with Crippen LogP contribution in [0.25, 0.3) is 0 Å². The first-order valence-corrected chi connectivity index (χ1v) is 7.04. The van der Waals surface area contributed by atoms with Gasteiger partial charge in [0.1, 0.15) is 5.75 Å². The molecule has 2 aromatic rings. The number of carbonyl (C=O) groups excluding carboxylic acids is 1. The van der Waals surface area contributed by atoms with Gasteiger partial charge in [-0.05, 0) is 35.7 Å². The van der Waals surface area contributed by atoms with Gasteiger partial charge in [-0.2, -0.15) is 0 Å². The number of hydrogen-bond acceptors (Lipinski definition) is 3. The molecule has 110 valence electrons. The van der Waals surface area contributed by atoms with Gasteiger partial charge in [0.05, 0.1) is 18.2 Å². The van der Waals surface area contributed by atoms with E-state index < -0.39 is 0 Å². The fourth-order valence-corrected chi connectivity index (χ4v) is 2.22. The van der Waals surface area contributed by atoms with Crippen LogP contribution in [-0.2, 0) is 11.2 Å². The molecule has 0 bridgehead atoms. The van der Waals surface area contributed by atoms with Gasteiger partial charge in [0, 0.05) is 6.20 Å². The molecule has 0 saturated heterocycles. The largest absolute Gasteiger partial charge is 0.508 e. The highest BCUT2D eigenvalue weighted by Crippen LogP contribution is 2.20. The van der Waals surface area contributed by atoms with E-state index in [1.165, 1.54) is 0 Å². The lowest BCUT2D eigenvalue weighted by atomic mass is 9.99. The van der Waals surface area contributed by atoms with Gasteiger partial charge in [-0.1, -0.05) is 32.0 Å². The lowest BCUT2D eigenvalue weighted by Gasteiger charge is -2.22. The van der Waals surface area contributed by atoms with Crippen molar-refractivity contribution in [1.29, 1.82) is 0 Å². The first-order valence-electron chi connectivity index (χ1n) is 7.04. The molecular formula is C17H20N2O2. The van der Waals surface area contributed by atoms with E-state index in [4.69, 9.17) is 0 Å². The van der Waals surface area contributed by atoms with Crippen LogP contribution >= 0.6 is 0 Å². The Balaban J connectivity index is 2.05. The molecule has 0 aliphatic carbocycles.